The zero-order valence-electron chi connectivity index (χ0n) is 8.47. The number of benzene rings is 1. The molecule has 0 saturated heterocycles. The molecular weight excluding hydrogens is 180 g/mol. The molecule has 14 heavy (non-hydrogen) atoms. The second-order valence-corrected chi connectivity index (χ2v) is 2.86. The van der Waals surface area contributed by atoms with Crippen LogP contribution in [0.3, 0.4) is 0 Å². The minimum atomic E-state index is -1.41. The van der Waals surface area contributed by atoms with Crippen molar-refractivity contribution in [1.29, 1.82) is 0 Å². The lowest BCUT2D eigenvalue weighted by atomic mass is 10.1. The van der Waals surface area contributed by atoms with E-state index in [9.17, 15) is 4.79 Å². The highest BCUT2D eigenvalue weighted by atomic mass is 16.4. The van der Waals surface area contributed by atoms with Gasteiger partial charge in [-0.2, -0.15) is 0 Å². The zero-order chi connectivity index (χ0) is 11.0. The number of hydrogen-bond acceptors (Lipinski definition) is 2. The first-order chi connectivity index (χ1) is 6.63. The topological polar surface area (TPSA) is 57.5 Å². The van der Waals surface area contributed by atoms with Crippen molar-refractivity contribution in [2.45, 2.75) is 26.4 Å². The van der Waals surface area contributed by atoms with Crippen LogP contribution in [0.25, 0.3) is 0 Å². The third-order valence-corrected chi connectivity index (χ3v) is 1.35. The van der Waals surface area contributed by atoms with E-state index >= 15 is 0 Å². The minimum Gasteiger partial charge on any atom is -0.479 e. The largest absolute Gasteiger partial charge is 0.479 e. The molecule has 0 saturated carbocycles. The molecule has 0 fully saturated rings. The maximum atomic E-state index is 10.2. The van der Waals surface area contributed by atoms with Crippen LogP contribution in [0.4, 0.5) is 0 Å². The number of hydrogen-bond donors (Lipinski definition) is 2. The first-order valence-corrected chi connectivity index (χ1v) is 4.59. The first kappa shape index (κ1) is 12.7. The lowest BCUT2D eigenvalue weighted by molar-refractivity contribution is -0.146. The molecule has 0 spiro atoms. The SMILES string of the molecule is CCC.O=C(O)C(O)c1ccccc1. The summed E-state index contributed by atoms with van der Waals surface area (Å²) >= 11 is 0. The third kappa shape index (κ3) is 4.62. The molecule has 78 valence electrons. The van der Waals surface area contributed by atoms with E-state index in [2.05, 4.69) is 13.8 Å². The van der Waals surface area contributed by atoms with Crippen molar-refractivity contribution >= 4 is 5.97 Å². The molecule has 0 bridgehead atoms. The molecule has 3 nitrogen and oxygen atoms in total. The van der Waals surface area contributed by atoms with E-state index in [0.717, 1.165) is 0 Å². The van der Waals surface area contributed by atoms with E-state index in [-0.39, 0.29) is 0 Å². The summed E-state index contributed by atoms with van der Waals surface area (Å²) in [6.45, 7) is 4.25. The Balaban J connectivity index is 0.000000500. The van der Waals surface area contributed by atoms with Gasteiger partial charge in [0.25, 0.3) is 0 Å². The molecule has 0 heterocycles. The van der Waals surface area contributed by atoms with Crippen molar-refractivity contribution in [3.8, 4) is 0 Å². The Morgan fingerprint density at radius 1 is 1.29 bits per heavy atom. The van der Waals surface area contributed by atoms with Gasteiger partial charge in [-0.3, -0.25) is 0 Å². The highest BCUT2D eigenvalue weighted by molar-refractivity contribution is 5.73. The molecule has 0 amide bonds. The van der Waals surface area contributed by atoms with Gasteiger partial charge in [0.2, 0.25) is 0 Å². The Hall–Kier alpha value is -1.35. The van der Waals surface area contributed by atoms with Crippen LogP contribution in [0.2, 0.25) is 0 Å². The van der Waals surface area contributed by atoms with E-state index in [1.54, 1.807) is 30.3 Å². The molecular formula is C11H16O3. The van der Waals surface area contributed by atoms with Crippen molar-refractivity contribution in [3.63, 3.8) is 0 Å². The molecule has 1 atom stereocenters. The Labute approximate surface area is 84.0 Å². The summed E-state index contributed by atoms with van der Waals surface area (Å²) in [4.78, 5) is 10.2. The van der Waals surface area contributed by atoms with Gasteiger partial charge in [0.05, 0.1) is 0 Å². The summed E-state index contributed by atoms with van der Waals surface area (Å²) in [5, 5.41) is 17.4. The number of aliphatic hydroxyl groups is 1. The minimum absolute atomic E-state index is 0.403. The van der Waals surface area contributed by atoms with Crippen LogP contribution in [0.1, 0.15) is 31.9 Å². The Bertz CT molecular complexity index is 256. The molecule has 0 radical (unpaired) electrons. The zero-order valence-corrected chi connectivity index (χ0v) is 8.47. The summed E-state index contributed by atoms with van der Waals surface area (Å²) < 4.78 is 0. The van der Waals surface area contributed by atoms with Gasteiger partial charge in [0, 0.05) is 0 Å². The van der Waals surface area contributed by atoms with Crippen molar-refractivity contribution in [1.82, 2.24) is 0 Å². The van der Waals surface area contributed by atoms with Crippen LogP contribution in [0.15, 0.2) is 30.3 Å². The summed E-state index contributed by atoms with van der Waals surface area (Å²) in [5.41, 5.74) is 0.403. The van der Waals surface area contributed by atoms with E-state index in [1.165, 1.54) is 6.42 Å². The normalized spacial score (nSPS) is 11.1. The van der Waals surface area contributed by atoms with Crippen molar-refractivity contribution < 1.29 is 15.0 Å². The van der Waals surface area contributed by atoms with Gasteiger partial charge in [-0.15, -0.1) is 0 Å². The second-order valence-electron chi connectivity index (χ2n) is 2.86. The van der Waals surface area contributed by atoms with E-state index < -0.39 is 12.1 Å². The van der Waals surface area contributed by atoms with Crippen molar-refractivity contribution in [3.05, 3.63) is 35.9 Å². The van der Waals surface area contributed by atoms with Crippen molar-refractivity contribution in [2.75, 3.05) is 0 Å². The van der Waals surface area contributed by atoms with Crippen LogP contribution < -0.4 is 0 Å². The average Bonchev–Trinajstić information content (AvgIpc) is 2.19. The number of aliphatic carboxylic acids is 1. The highest BCUT2D eigenvalue weighted by Crippen LogP contribution is 2.10. The fourth-order valence-electron chi connectivity index (χ4n) is 0.778. The molecule has 0 aliphatic carbocycles. The molecule has 1 aromatic carbocycles. The van der Waals surface area contributed by atoms with Gasteiger partial charge in [-0.05, 0) is 5.56 Å². The van der Waals surface area contributed by atoms with Gasteiger partial charge in [0.15, 0.2) is 6.10 Å². The average molecular weight is 196 g/mol. The van der Waals surface area contributed by atoms with Crippen LogP contribution in [-0.2, 0) is 4.79 Å². The second kappa shape index (κ2) is 7.09. The fourth-order valence-corrected chi connectivity index (χ4v) is 0.778. The van der Waals surface area contributed by atoms with Crippen molar-refractivity contribution in [2.24, 2.45) is 0 Å². The van der Waals surface area contributed by atoms with Gasteiger partial charge >= 0.3 is 5.97 Å². The monoisotopic (exact) mass is 196 g/mol. The molecule has 3 heteroatoms. The summed E-state index contributed by atoms with van der Waals surface area (Å²) in [6.07, 6.45) is -0.156. The Morgan fingerprint density at radius 2 is 1.71 bits per heavy atom. The van der Waals surface area contributed by atoms with E-state index in [4.69, 9.17) is 10.2 Å². The standard InChI is InChI=1S/C8H8O3.C3H8/c9-7(8(10)11)6-4-2-1-3-5-6;1-3-2/h1-5,7,9H,(H,10,11);3H2,1-2H3. The van der Waals surface area contributed by atoms with Crippen LogP contribution in [-0.4, -0.2) is 16.2 Å². The van der Waals surface area contributed by atoms with Gasteiger partial charge in [-0.25, -0.2) is 4.79 Å². The Kier molecular flexibility index (Phi) is 6.41. The predicted molar refractivity (Wildman–Crippen MR) is 55.0 cm³/mol. The number of carbonyl (C=O) groups is 1. The number of carboxylic acids is 1. The molecule has 1 aromatic rings. The van der Waals surface area contributed by atoms with E-state index in [1.807, 2.05) is 0 Å². The maximum absolute atomic E-state index is 10.2. The highest BCUT2D eigenvalue weighted by Gasteiger charge is 2.14. The van der Waals surface area contributed by atoms with Crippen LogP contribution in [0, 0.1) is 0 Å². The molecule has 0 aromatic heterocycles. The lowest BCUT2D eigenvalue weighted by Gasteiger charge is -2.03. The summed E-state index contributed by atoms with van der Waals surface area (Å²) in [5.74, 6) is -1.23. The van der Waals surface area contributed by atoms with Gasteiger partial charge in [-0.1, -0.05) is 50.6 Å². The molecule has 0 aliphatic rings. The van der Waals surface area contributed by atoms with Crippen LogP contribution in [0.5, 0.6) is 0 Å². The number of carboxylic acid groups (broad SMARTS) is 1. The van der Waals surface area contributed by atoms with Gasteiger partial charge in [0.1, 0.15) is 0 Å². The first-order valence-electron chi connectivity index (χ1n) is 4.59. The third-order valence-electron chi connectivity index (χ3n) is 1.35. The maximum Gasteiger partial charge on any atom is 0.337 e. The van der Waals surface area contributed by atoms with E-state index in [0.29, 0.717) is 5.56 Å². The quantitative estimate of drug-likeness (QED) is 0.762. The smallest absolute Gasteiger partial charge is 0.337 e. The number of aliphatic hydroxyl groups excluding tert-OH is 1. The summed E-state index contributed by atoms with van der Waals surface area (Å²) in [7, 11) is 0. The molecule has 1 unspecified atom stereocenters. The summed E-state index contributed by atoms with van der Waals surface area (Å²) in [6, 6.07) is 8.26. The number of rotatable bonds is 2. The molecule has 2 N–H and O–H groups in total. The molecule has 1 rings (SSSR count). The Morgan fingerprint density at radius 3 is 2.07 bits per heavy atom. The lowest BCUT2D eigenvalue weighted by Crippen LogP contribution is -2.09. The molecule has 0 aliphatic heterocycles. The predicted octanol–water partition coefficient (Wildman–Crippen LogP) is 2.22. The van der Waals surface area contributed by atoms with Crippen LogP contribution >= 0.6 is 0 Å². The fraction of sp³-hybridized carbons (Fsp3) is 0.364. The van der Waals surface area contributed by atoms with Gasteiger partial charge < -0.3 is 10.2 Å².